The van der Waals surface area contributed by atoms with Crippen LogP contribution < -0.4 is 10.6 Å². The van der Waals surface area contributed by atoms with Crippen LogP contribution in [0.1, 0.15) is 12.1 Å². The Balaban J connectivity index is 1.69. The van der Waals surface area contributed by atoms with Gasteiger partial charge in [0.25, 0.3) is 0 Å². The van der Waals surface area contributed by atoms with Gasteiger partial charge in [0.05, 0.1) is 21.2 Å². The van der Waals surface area contributed by atoms with Crippen molar-refractivity contribution in [3.63, 3.8) is 0 Å². The highest BCUT2D eigenvalue weighted by Gasteiger charge is 2.17. The maximum Gasteiger partial charge on any atom is 0.166 e. The first kappa shape index (κ1) is 17.4. The third kappa shape index (κ3) is 3.45. The molecule has 8 heteroatoms. The molecule has 3 aromatic rings. The minimum absolute atomic E-state index is 0.127. The Bertz CT molecular complexity index is 960. The molecule has 26 heavy (non-hydrogen) atoms. The van der Waals surface area contributed by atoms with E-state index in [0.717, 1.165) is 31.6 Å². The minimum Gasteiger partial charge on any atom is -0.336 e. The largest absolute Gasteiger partial charge is 0.336 e. The van der Waals surface area contributed by atoms with E-state index in [1.165, 1.54) is 18.5 Å². The zero-order valence-corrected chi connectivity index (χ0v) is 15.3. The van der Waals surface area contributed by atoms with Crippen LogP contribution in [-0.4, -0.2) is 28.0 Å². The van der Waals surface area contributed by atoms with Gasteiger partial charge in [-0.15, -0.1) is 0 Å². The van der Waals surface area contributed by atoms with Crippen molar-refractivity contribution in [3.05, 3.63) is 52.1 Å². The molecule has 134 valence electrons. The molecule has 1 aromatic carbocycles. The summed E-state index contributed by atoms with van der Waals surface area (Å²) in [5, 5.41) is 6.35. The first-order chi connectivity index (χ1) is 12.6. The number of benzene rings is 1. The molecule has 1 fully saturated rings. The Labute approximate surface area is 160 Å². The lowest BCUT2D eigenvalue weighted by molar-refractivity contribution is 0.573. The van der Waals surface area contributed by atoms with Crippen LogP contribution in [0.3, 0.4) is 0 Å². The minimum atomic E-state index is -0.626. The molecule has 1 unspecified atom stereocenters. The lowest BCUT2D eigenvalue weighted by atomic mass is 10.0. The van der Waals surface area contributed by atoms with E-state index in [0.29, 0.717) is 22.8 Å². The summed E-state index contributed by atoms with van der Waals surface area (Å²) in [6.45, 7) is 2.05. The fourth-order valence-corrected chi connectivity index (χ4v) is 3.43. The van der Waals surface area contributed by atoms with Gasteiger partial charge in [0.2, 0.25) is 0 Å². The second-order valence-electron chi connectivity index (χ2n) is 6.30. The fourth-order valence-electron chi connectivity index (χ4n) is 3.12. The second-order valence-corrected chi connectivity index (χ2v) is 7.09. The monoisotopic (exact) mass is 391 g/mol. The van der Waals surface area contributed by atoms with Crippen LogP contribution in [0.25, 0.3) is 11.0 Å². The zero-order chi connectivity index (χ0) is 18.1. The highest BCUT2D eigenvalue weighted by molar-refractivity contribution is 6.42. The van der Waals surface area contributed by atoms with Gasteiger partial charge < -0.3 is 10.6 Å². The van der Waals surface area contributed by atoms with Gasteiger partial charge in [-0.3, -0.25) is 0 Å². The molecule has 1 aliphatic heterocycles. The smallest absolute Gasteiger partial charge is 0.166 e. The van der Waals surface area contributed by atoms with Gasteiger partial charge >= 0.3 is 0 Å². The SMILES string of the molecule is Fc1c(Nc2ncnc3ccc(CC4CCNC4)nc23)ccc(Cl)c1Cl. The standard InChI is InChI=1S/C18H16Cl2FN5/c19-12-2-4-13(16(21)15(12)20)26-18-17-14(23-9-24-18)3-1-11(25-17)7-10-5-6-22-8-10/h1-4,9-10,22H,5-8H2,(H,23,24,26). The first-order valence-electron chi connectivity index (χ1n) is 8.33. The van der Waals surface area contributed by atoms with Crippen molar-refractivity contribution in [2.45, 2.75) is 12.8 Å². The highest BCUT2D eigenvalue weighted by Crippen LogP contribution is 2.32. The van der Waals surface area contributed by atoms with Crippen molar-refractivity contribution in [3.8, 4) is 0 Å². The predicted molar refractivity (Wildman–Crippen MR) is 102 cm³/mol. The van der Waals surface area contributed by atoms with Crippen molar-refractivity contribution in [1.82, 2.24) is 20.3 Å². The second kappa shape index (κ2) is 7.31. The molecule has 1 atom stereocenters. The number of pyridine rings is 1. The summed E-state index contributed by atoms with van der Waals surface area (Å²) in [7, 11) is 0. The van der Waals surface area contributed by atoms with Gasteiger partial charge in [0, 0.05) is 5.69 Å². The van der Waals surface area contributed by atoms with Crippen LogP contribution in [0.2, 0.25) is 10.0 Å². The number of rotatable bonds is 4. The molecule has 0 radical (unpaired) electrons. The third-order valence-electron chi connectivity index (χ3n) is 4.49. The molecule has 0 amide bonds. The number of nitrogens with zero attached hydrogens (tertiary/aromatic N) is 3. The van der Waals surface area contributed by atoms with Gasteiger partial charge in [-0.25, -0.2) is 19.3 Å². The number of hydrogen-bond donors (Lipinski definition) is 2. The summed E-state index contributed by atoms with van der Waals surface area (Å²) < 4.78 is 14.3. The lowest BCUT2D eigenvalue weighted by Crippen LogP contribution is -2.11. The van der Waals surface area contributed by atoms with E-state index in [9.17, 15) is 4.39 Å². The lowest BCUT2D eigenvalue weighted by Gasteiger charge is -2.12. The summed E-state index contributed by atoms with van der Waals surface area (Å²) in [6.07, 6.45) is 3.45. The Hall–Kier alpha value is -2.02. The van der Waals surface area contributed by atoms with Crippen molar-refractivity contribution in [2.24, 2.45) is 5.92 Å². The molecule has 2 aromatic heterocycles. The van der Waals surface area contributed by atoms with Gasteiger partial charge in [-0.1, -0.05) is 23.2 Å². The van der Waals surface area contributed by atoms with Crippen LogP contribution in [0, 0.1) is 11.7 Å². The summed E-state index contributed by atoms with van der Waals surface area (Å²) in [4.78, 5) is 13.2. The van der Waals surface area contributed by atoms with Crippen molar-refractivity contribution in [2.75, 3.05) is 18.4 Å². The van der Waals surface area contributed by atoms with Gasteiger partial charge in [-0.2, -0.15) is 0 Å². The Morgan fingerprint density at radius 1 is 1.19 bits per heavy atom. The quantitative estimate of drug-likeness (QED) is 0.646. The maximum absolute atomic E-state index is 14.3. The summed E-state index contributed by atoms with van der Waals surface area (Å²) in [5.74, 6) is 0.381. The predicted octanol–water partition coefficient (Wildman–Crippen LogP) is 4.37. The molecular formula is C18H16Cl2FN5. The topological polar surface area (TPSA) is 62.7 Å². The molecule has 1 saturated heterocycles. The average Bonchev–Trinajstić information content (AvgIpc) is 3.15. The molecule has 2 N–H and O–H groups in total. The van der Waals surface area contributed by atoms with E-state index in [4.69, 9.17) is 28.2 Å². The summed E-state index contributed by atoms with van der Waals surface area (Å²) >= 11 is 11.7. The van der Waals surface area contributed by atoms with Crippen molar-refractivity contribution in [1.29, 1.82) is 0 Å². The maximum atomic E-state index is 14.3. The molecule has 3 heterocycles. The number of nitrogens with one attached hydrogen (secondary N) is 2. The number of fused-ring (bicyclic) bond motifs is 1. The third-order valence-corrected chi connectivity index (χ3v) is 5.27. The van der Waals surface area contributed by atoms with E-state index < -0.39 is 5.82 Å². The molecule has 0 aliphatic carbocycles. The number of aromatic nitrogens is 3. The molecule has 0 bridgehead atoms. The summed E-state index contributed by atoms with van der Waals surface area (Å²) in [6, 6.07) is 6.95. The average molecular weight is 392 g/mol. The van der Waals surface area contributed by atoms with E-state index in [1.54, 1.807) is 0 Å². The number of hydrogen-bond acceptors (Lipinski definition) is 5. The fraction of sp³-hybridized carbons (Fsp3) is 0.278. The summed E-state index contributed by atoms with van der Waals surface area (Å²) in [5.41, 5.74) is 2.45. The number of anilines is 2. The van der Waals surface area contributed by atoms with Crippen LogP contribution in [0.5, 0.6) is 0 Å². The van der Waals surface area contributed by atoms with E-state index in [1.807, 2.05) is 12.1 Å². The zero-order valence-electron chi connectivity index (χ0n) is 13.8. The highest BCUT2D eigenvalue weighted by atomic mass is 35.5. The molecular weight excluding hydrogens is 376 g/mol. The van der Waals surface area contributed by atoms with Crippen LogP contribution in [0.15, 0.2) is 30.6 Å². The van der Waals surface area contributed by atoms with Gasteiger partial charge in [0.1, 0.15) is 11.8 Å². The Morgan fingerprint density at radius 2 is 2.08 bits per heavy atom. The molecule has 4 rings (SSSR count). The van der Waals surface area contributed by atoms with Crippen molar-refractivity contribution >= 4 is 45.7 Å². The Kier molecular flexibility index (Phi) is 4.89. The van der Waals surface area contributed by atoms with E-state index >= 15 is 0 Å². The number of halogens is 3. The van der Waals surface area contributed by atoms with Gasteiger partial charge in [-0.05, 0) is 56.1 Å². The Morgan fingerprint density at radius 3 is 2.88 bits per heavy atom. The van der Waals surface area contributed by atoms with Crippen LogP contribution in [0.4, 0.5) is 15.9 Å². The molecule has 0 saturated carbocycles. The van der Waals surface area contributed by atoms with Gasteiger partial charge in [0.15, 0.2) is 11.6 Å². The first-order valence-corrected chi connectivity index (χ1v) is 9.09. The van der Waals surface area contributed by atoms with E-state index in [2.05, 4.69) is 20.6 Å². The molecule has 5 nitrogen and oxygen atoms in total. The van der Waals surface area contributed by atoms with Crippen LogP contribution >= 0.6 is 23.2 Å². The molecule has 0 spiro atoms. The normalized spacial score (nSPS) is 17.0. The van der Waals surface area contributed by atoms with Crippen molar-refractivity contribution < 1.29 is 4.39 Å². The van der Waals surface area contributed by atoms with E-state index in [-0.39, 0.29) is 15.7 Å². The van der Waals surface area contributed by atoms with Crippen LogP contribution in [-0.2, 0) is 6.42 Å². The molecule has 1 aliphatic rings.